The van der Waals surface area contributed by atoms with E-state index in [2.05, 4.69) is 15.3 Å². The molecule has 0 bridgehead atoms. The molecule has 0 aliphatic carbocycles. The van der Waals surface area contributed by atoms with Gasteiger partial charge in [0.1, 0.15) is 18.8 Å². The number of nitrogens with one attached hydrogen (secondary N) is 1. The van der Waals surface area contributed by atoms with Gasteiger partial charge in [-0.25, -0.2) is 14.4 Å². The Morgan fingerprint density at radius 2 is 1.86 bits per heavy atom. The summed E-state index contributed by atoms with van der Waals surface area (Å²) in [7, 11) is 0. The number of anilines is 1. The van der Waals surface area contributed by atoms with E-state index >= 15 is 0 Å². The number of hydrogen-bond donors (Lipinski definition) is 1. The summed E-state index contributed by atoms with van der Waals surface area (Å²) < 4.78 is 13.5. The van der Waals surface area contributed by atoms with Gasteiger partial charge >= 0.3 is 0 Å². The summed E-state index contributed by atoms with van der Waals surface area (Å²) in [6.07, 6.45) is 1.42. The molecule has 6 heteroatoms. The molecule has 0 spiro atoms. The minimum atomic E-state index is -0.584. The molecule has 1 heterocycles. The number of rotatable bonds is 4. The molecule has 1 unspecified atom stereocenters. The van der Waals surface area contributed by atoms with Crippen molar-refractivity contribution in [2.45, 2.75) is 6.04 Å². The quantitative estimate of drug-likeness (QED) is 0.724. The van der Waals surface area contributed by atoms with Crippen molar-refractivity contribution in [1.82, 2.24) is 9.97 Å². The van der Waals surface area contributed by atoms with E-state index in [1.54, 1.807) is 30.3 Å². The highest BCUT2D eigenvalue weighted by Gasteiger charge is 2.14. The molecule has 1 atom stereocenters. The Morgan fingerprint density at radius 3 is 2.64 bits per heavy atom. The SMILES string of the molecule is FCC(Nc1ncnc2cc(Cl)ccc12)c1cccc(Cl)c1. The zero-order chi connectivity index (χ0) is 15.5. The molecule has 0 amide bonds. The van der Waals surface area contributed by atoms with Crippen molar-refractivity contribution in [2.75, 3.05) is 12.0 Å². The molecule has 112 valence electrons. The minimum Gasteiger partial charge on any atom is -0.360 e. The summed E-state index contributed by atoms with van der Waals surface area (Å²) in [5.41, 5.74) is 1.46. The lowest BCUT2D eigenvalue weighted by Gasteiger charge is -2.17. The van der Waals surface area contributed by atoms with E-state index in [-0.39, 0.29) is 0 Å². The normalized spacial score (nSPS) is 12.3. The van der Waals surface area contributed by atoms with E-state index in [1.165, 1.54) is 6.33 Å². The van der Waals surface area contributed by atoms with Crippen molar-refractivity contribution in [2.24, 2.45) is 0 Å². The molecule has 0 fully saturated rings. The van der Waals surface area contributed by atoms with Crippen LogP contribution < -0.4 is 5.32 Å². The van der Waals surface area contributed by atoms with E-state index in [0.29, 0.717) is 21.4 Å². The number of benzene rings is 2. The van der Waals surface area contributed by atoms with Crippen LogP contribution in [0.5, 0.6) is 0 Å². The minimum absolute atomic E-state index is 0.535. The number of nitrogens with zero attached hydrogens (tertiary/aromatic N) is 2. The van der Waals surface area contributed by atoms with Gasteiger partial charge in [-0.1, -0.05) is 35.3 Å². The van der Waals surface area contributed by atoms with Gasteiger partial charge in [0, 0.05) is 15.4 Å². The van der Waals surface area contributed by atoms with Crippen LogP contribution in [0, 0.1) is 0 Å². The topological polar surface area (TPSA) is 37.8 Å². The number of alkyl halides is 1. The second-order valence-electron chi connectivity index (χ2n) is 4.79. The van der Waals surface area contributed by atoms with Crippen molar-refractivity contribution in [3.05, 3.63) is 64.4 Å². The van der Waals surface area contributed by atoms with E-state index < -0.39 is 12.7 Å². The summed E-state index contributed by atoms with van der Waals surface area (Å²) >= 11 is 11.9. The molecule has 0 aliphatic heterocycles. The van der Waals surface area contributed by atoms with Crippen LogP contribution in [0.15, 0.2) is 48.8 Å². The Morgan fingerprint density at radius 1 is 1.05 bits per heavy atom. The maximum atomic E-state index is 13.5. The monoisotopic (exact) mass is 335 g/mol. The first-order chi connectivity index (χ1) is 10.7. The zero-order valence-electron chi connectivity index (χ0n) is 11.4. The fourth-order valence-electron chi connectivity index (χ4n) is 2.24. The van der Waals surface area contributed by atoms with Gasteiger partial charge < -0.3 is 5.32 Å². The summed E-state index contributed by atoms with van der Waals surface area (Å²) in [6.45, 7) is -0.584. The molecule has 2 aromatic carbocycles. The third kappa shape index (κ3) is 3.13. The summed E-state index contributed by atoms with van der Waals surface area (Å²) in [5.74, 6) is 0.560. The Balaban J connectivity index is 1.97. The summed E-state index contributed by atoms with van der Waals surface area (Å²) in [4.78, 5) is 8.38. The maximum absolute atomic E-state index is 13.5. The average molecular weight is 336 g/mol. The smallest absolute Gasteiger partial charge is 0.137 e. The van der Waals surface area contributed by atoms with Crippen LogP contribution in [0.2, 0.25) is 10.0 Å². The number of fused-ring (bicyclic) bond motifs is 1. The first-order valence-corrected chi connectivity index (χ1v) is 7.41. The van der Waals surface area contributed by atoms with Gasteiger partial charge in [0.15, 0.2) is 0 Å². The second kappa shape index (κ2) is 6.46. The van der Waals surface area contributed by atoms with Crippen molar-refractivity contribution in [1.29, 1.82) is 0 Å². The van der Waals surface area contributed by atoms with Crippen molar-refractivity contribution >= 4 is 39.9 Å². The van der Waals surface area contributed by atoms with Gasteiger partial charge in [0.05, 0.1) is 11.6 Å². The van der Waals surface area contributed by atoms with Crippen LogP contribution in [0.25, 0.3) is 10.9 Å². The number of halogens is 3. The third-order valence-electron chi connectivity index (χ3n) is 3.31. The highest BCUT2D eigenvalue weighted by molar-refractivity contribution is 6.31. The lowest BCUT2D eigenvalue weighted by atomic mass is 10.1. The molecule has 1 N–H and O–H groups in total. The average Bonchev–Trinajstić information content (AvgIpc) is 2.52. The van der Waals surface area contributed by atoms with Crippen LogP contribution >= 0.6 is 23.2 Å². The molecule has 0 saturated heterocycles. The molecule has 3 aromatic rings. The highest BCUT2D eigenvalue weighted by atomic mass is 35.5. The number of aromatic nitrogens is 2. The molecule has 0 saturated carbocycles. The molecule has 22 heavy (non-hydrogen) atoms. The third-order valence-corrected chi connectivity index (χ3v) is 3.79. The molecule has 1 aromatic heterocycles. The second-order valence-corrected chi connectivity index (χ2v) is 5.66. The molecular weight excluding hydrogens is 324 g/mol. The summed E-state index contributed by atoms with van der Waals surface area (Å²) in [5, 5.41) is 5.05. The van der Waals surface area contributed by atoms with E-state index in [0.717, 1.165) is 10.9 Å². The van der Waals surface area contributed by atoms with Crippen LogP contribution in [-0.4, -0.2) is 16.6 Å². The summed E-state index contributed by atoms with van der Waals surface area (Å²) in [6, 6.07) is 11.9. The van der Waals surface area contributed by atoms with Gasteiger partial charge in [0.25, 0.3) is 0 Å². The Labute approximate surface area is 137 Å². The number of hydrogen-bond acceptors (Lipinski definition) is 3. The van der Waals surface area contributed by atoms with Crippen LogP contribution in [-0.2, 0) is 0 Å². The fraction of sp³-hybridized carbons (Fsp3) is 0.125. The van der Waals surface area contributed by atoms with Gasteiger partial charge in [-0.05, 0) is 35.9 Å². The van der Waals surface area contributed by atoms with Gasteiger partial charge in [-0.15, -0.1) is 0 Å². The maximum Gasteiger partial charge on any atom is 0.137 e. The van der Waals surface area contributed by atoms with Gasteiger partial charge in [-0.3, -0.25) is 0 Å². The van der Waals surface area contributed by atoms with Crippen LogP contribution in [0.1, 0.15) is 11.6 Å². The molecular formula is C16H12Cl2FN3. The predicted octanol–water partition coefficient (Wildman–Crippen LogP) is 5.06. The van der Waals surface area contributed by atoms with Crippen LogP contribution in [0.4, 0.5) is 10.2 Å². The lowest BCUT2D eigenvalue weighted by molar-refractivity contribution is 0.452. The van der Waals surface area contributed by atoms with Crippen molar-refractivity contribution in [3.63, 3.8) is 0 Å². The Hall–Kier alpha value is -1.91. The molecule has 0 radical (unpaired) electrons. The van der Waals surface area contributed by atoms with Gasteiger partial charge in [0.2, 0.25) is 0 Å². The van der Waals surface area contributed by atoms with E-state index in [1.807, 2.05) is 12.1 Å². The lowest BCUT2D eigenvalue weighted by Crippen LogP contribution is -2.14. The highest BCUT2D eigenvalue weighted by Crippen LogP contribution is 2.27. The Kier molecular flexibility index (Phi) is 4.41. The van der Waals surface area contributed by atoms with Gasteiger partial charge in [-0.2, -0.15) is 0 Å². The molecule has 3 rings (SSSR count). The first kappa shape index (κ1) is 15.0. The predicted molar refractivity (Wildman–Crippen MR) is 88.3 cm³/mol. The first-order valence-electron chi connectivity index (χ1n) is 6.65. The molecule has 3 nitrogen and oxygen atoms in total. The molecule has 0 aliphatic rings. The Bertz CT molecular complexity index is 810. The van der Waals surface area contributed by atoms with Crippen molar-refractivity contribution < 1.29 is 4.39 Å². The largest absolute Gasteiger partial charge is 0.360 e. The zero-order valence-corrected chi connectivity index (χ0v) is 12.9. The standard InChI is InChI=1S/C16H12Cl2FN3/c17-11-3-1-2-10(6-11)15(8-19)22-16-13-5-4-12(18)7-14(13)20-9-21-16/h1-7,9,15H,8H2,(H,20,21,22). The van der Waals surface area contributed by atoms with Crippen LogP contribution in [0.3, 0.4) is 0 Å². The van der Waals surface area contributed by atoms with Crippen molar-refractivity contribution in [3.8, 4) is 0 Å². The van der Waals surface area contributed by atoms with E-state index in [4.69, 9.17) is 23.2 Å². The van der Waals surface area contributed by atoms with E-state index in [9.17, 15) is 4.39 Å². The fourth-order valence-corrected chi connectivity index (χ4v) is 2.61.